The van der Waals surface area contributed by atoms with Crippen LogP contribution in [0.3, 0.4) is 0 Å². The summed E-state index contributed by atoms with van der Waals surface area (Å²) in [7, 11) is 0. The van der Waals surface area contributed by atoms with Crippen LogP contribution in [0.2, 0.25) is 0 Å². The summed E-state index contributed by atoms with van der Waals surface area (Å²) in [6.07, 6.45) is -2.28. The van der Waals surface area contributed by atoms with Gasteiger partial charge in [-0.05, 0) is 12.8 Å². The molecule has 0 aliphatic rings. The molecule has 0 fully saturated rings. The minimum atomic E-state index is -1.86. The van der Waals surface area contributed by atoms with Gasteiger partial charge in [0.05, 0.1) is 0 Å². The second kappa shape index (κ2) is 24.2. The van der Waals surface area contributed by atoms with Crippen molar-refractivity contribution in [3.63, 3.8) is 0 Å². The van der Waals surface area contributed by atoms with Crippen molar-refractivity contribution in [2.75, 3.05) is 0 Å². The van der Waals surface area contributed by atoms with Crippen LogP contribution in [-0.2, 0) is 28.8 Å². The first-order valence-electron chi connectivity index (χ1n) is 4.96. The van der Waals surface area contributed by atoms with E-state index in [1.54, 1.807) is 0 Å². The molecule has 0 spiro atoms. The smallest absolute Gasteiger partial charge is 0.550 e. The van der Waals surface area contributed by atoms with Crippen molar-refractivity contribution in [3.8, 4) is 0 Å². The number of carbonyl (C=O) groups is 6. The average Bonchev–Trinajstić information content (AvgIpc) is 2.33. The van der Waals surface area contributed by atoms with Crippen LogP contribution in [0.5, 0.6) is 0 Å². The Labute approximate surface area is 225 Å². The molecule has 0 aromatic rings. The zero-order chi connectivity index (χ0) is 16.3. The van der Waals surface area contributed by atoms with E-state index in [1.165, 1.54) is 0 Å². The first-order valence-corrected chi connectivity index (χ1v) is 4.96. The number of ketones is 2. The van der Waals surface area contributed by atoms with Gasteiger partial charge in [0.1, 0.15) is 11.9 Å². The molecule has 0 bridgehead atoms. The molecule has 14 heteroatoms. The van der Waals surface area contributed by atoms with Crippen LogP contribution in [-0.4, -0.2) is 35.4 Å². The Morgan fingerprint density at radius 2 is 0.667 bits per heavy atom. The van der Waals surface area contributed by atoms with Crippen LogP contribution < -0.4 is 139 Å². The third-order valence-corrected chi connectivity index (χ3v) is 1.57. The molecule has 112 valence electrons. The second-order valence-corrected chi connectivity index (χ2v) is 3.17. The van der Waals surface area contributed by atoms with E-state index in [9.17, 15) is 49.2 Å². The van der Waals surface area contributed by atoms with Gasteiger partial charge >= 0.3 is 118 Å². The molecule has 0 aliphatic carbocycles. The maximum absolute atomic E-state index is 10.1. The maximum atomic E-state index is 10.1. The third-order valence-electron chi connectivity index (χ3n) is 1.57. The van der Waals surface area contributed by atoms with Crippen LogP contribution >= 0.6 is 0 Å². The van der Waals surface area contributed by atoms with E-state index in [0.29, 0.717) is 0 Å². The Kier molecular flexibility index (Phi) is 40.4. The summed E-state index contributed by atoms with van der Waals surface area (Å²) in [5.41, 5.74) is 0. The average molecular weight is 380 g/mol. The van der Waals surface area contributed by atoms with Crippen molar-refractivity contribution in [3.05, 3.63) is 0 Å². The summed E-state index contributed by atoms with van der Waals surface area (Å²) in [6.45, 7) is 0. The molecule has 0 rings (SSSR count). The molecule has 10 nitrogen and oxygen atoms in total. The summed E-state index contributed by atoms with van der Waals surface area (Å²) in [5, 5.41) is 38.6. The van der Waals surface area contributed by atoms with Gasteiger partial charge in [0.25, 0.3) is 0 Å². The molecule has 0 heterocycles. The number of carboxylic acids is 4. The van der Waals surface area contributed by atoms with E-state index >= 15 is 0 Å². The number of carboxylic acid groups (broad SMARTS) is 4. The topological polar surface area (TPSA) is 195 Å². The summed E-state index contributed by atoms with van der Waals surface area (Å²) in [5.74, 6) is -9.06. The van der Waals surface area contributed by atoms with Crippen LogP contribution in [0, 0.1) is 0 Å². The van der Waals surface area contributed by atoms with Gasteiger partial charge in [-0.1, -0.05) is 0 Å². The number of carbonyl (C=O) groups excluding carboxylic acids is 6. The molecule has 0 atom stereocenters. The molecule has 0 saturated carbocycles. The third kappa shape index (κ3) is 31.0. The predicted octanol–water partition coefficient (Wildman–Crippen LogP) is -18.3. The molecular formula is C10H8Na4O10. The van der Waals surface area contributed by atoms with Gasteiger partial charge in [0, 0.05) is 24.8 Å². The van der Waals surface area contributed by atoms with Crippen molar-refractivity contribution in [2.24, 2.45) is 0 Å². The minimum Gasteiger partial charge on any atom is -0.550 e. The van der Waals surface area contributed by atoms with Crippen molar-refractivity contribution < 1.29 is 167 Å². The van der Waals surface area contributed by atoms with Crippen molar-refractivity contribution >= 4 is 35.4 Å². The number of hydrogen-bond donors (Lipinski definition) is 0. The Hall–Kier alpha value is 1.22. The van der Waals surface area contributed by atoms with E-state index < -0.39 is 61.1 Å². The van der Waals surface area contributed by atoms with Gasteiger partial charge in [0.15, 0.2) is 11.6 Å². The van der Waals surface area contributed by atoms with Crippen molar-refractivity contribution in [1.29, 1.82) is 0 Å². The molecule has 24 heavy (non-hydrogen) atoms. The maximum Gasteiger partial charge on any atom is 1.00 e. The fourth-order valence-corrected chi connectivity index (χ4v) is 0.635. The Morgan fingerprint density at radius 3 is 0.792 bits per heavy atom. The first-order chi connectivity index (χ1) is 9.07. The summed E-state index contributed by atoms with van der Waals surface area (Å²) in [4.78, 5) is 58.8. The molecule has 0 saturated heterocycles. The number of Topliss-reactive ketones (excluding diaryl/α,β-unsaturated/α-hetero) is 2. The van der Waals surface area contributed by atoms with Crippen LogP contribution in [0.15, 0.2) is 0 Å². The quantitative estimate of drug-likeness (QED) is 0.288. The summed E-state index contributed by atoms with van der Waals surface area (Å²) >= 11 is 0. The zero-order valence-electron chi connectivity index (χ0n) is 13.9. The van der Waals surface area contributed by atoms with Crippen LogP contribution in [0.25, 0.3) is 0 Å². The summed E-state index contributed by atoms with van der Waals surface area (Å²) in [6, 6.07) is 0. The van der Waals surface area contributed by atoms with Gasteiger partial charge in [-0.3, -0.25) is 9.59 Å². The molecule has 0 amide bonds. The number of rotatable bonds is 8. The van der Waals surface area contributed by atoms with Crippen molar-refractivity contribution in [1.82, 2.24) is 0 Å². The standard InChI is InChI=1S/2C5H6O5.4Na/c2*6-3(5(9)10)1-2-4(7)8;;;;/h2*1-2H2,(H,7,8)(H,9,10);;;;/q;;4*+1/p-4. The van der Waals surface area contributed by atoms with Gasteiger partial charge in [-0.25, -0.2) is 0 Å². The first kappa shape index (κ1) is 40.0. The second-order valence-electron chi connectivity index (χ2n) is 3.17. The van der Waals surface area contributed by atoms with Crippen LogP contribution in [0.1, 0.15) is 25.7 Å². The van der Waals surface area contributed by atoms with E-state index in [0.717, 1.165) is 0 Å². The Bertz CT molecular complexity index is 397. The monoisotopic (exact) mass is 380 g/mol. The zero-order valence-corrected chi connectivity index (χ0v) is 21.9. The Balaban J connectivity index is -0.0000000579. The SMILES string of the molecule is O=C([O-])CCC(=O)C(=O)[O-].O=C([O-])CCC(=O)C(=O)[O-].[Na+].[Na+].[Na+].[Na+]. The summed E-state index contributed by atoms with van der Waals surface area (Å²) < 4.78 is 0. The molecule has 0 aromatic carbocycles. The molecule has 0 unspecified atom stereocenters. The van der Waals surface area contributed by atoms with Gasteiger partial charge in [0.2, 0.25) is 0 Å². The van der Waals surface area contributed by atoms with E-state index in [1.807, 2.05) is 0 Å². The van der Waals surface area contributed by atoms with Gasteiger partial charge < -0.3 is 39.6 Å². The van der Waals surface area contributed by atoms with Gasteiger partial charge in [-0.15, -0.1) is 0 Å². The van der Waals surface area contributed by atoms with Crippen molar-refractivity contribution in [2.45, 2.75) is 25.7 Å². The van der Waals surface area contributed by atoms with Crippen LogP contribution in [0.4, 0.5) is 0 Å². The minimum absolute atomic E-state index is 0. The fourth-order valence-electron chi connectivity index (χ4n) is 0.635. The normalized spacial score (nSPS) is 7.33. The Morgan fingerprint density at radius 1 is 0.458 bits per heavy atom. The molecular weight excluding hydrogens is 372 g/mol. The number of aliphatic carboxylic acids is 4. The fraction of sp³-hybridized carbons (Fsp3) is 0.400. The van der Waals surface area contributed by atoms with E-state index in [-0.39, 0.29) is 118 Å². The van der Waals surface area contributed by atoms with Gasteiger partial charge in [-0.2, -0.15) is 0 Å². The molecule has 0 radical (unpaired) electrons. The molecule has 0 aromatic heterocycles. The largest absolute Gasteiger partial charge is 1.00 e. The number of hydrogen-bond acceptors (Lipinski definition) is 10. The van der Waals surface area contributed by atoms with E-state index in [4.69, 9.17) is 0 Å². The predicted molar refractivity (Wildman–Crippen MR) is 48.5 cm³/mol. The van der Waals surface area contributed by atoms with E-state index in [2.05, 4.69) is 0 Å². The molecule has 0 aliphatic heterocycles. The molecule has 0 N–H and O–H groups in total.